The summed E-state index contributed by atoms with van der Waals surface area (Å²) in [7, 11) is -2.31. The first kappa shape index (κ1) is 20.3. The fraction of sp³-hybridized carbons (Fsp3) is 0.529. The van der Waals surface area contributed by atoms with Crippen molar-refractivity contribution in [3.63, 3.8) is 0 Å². The van der Waals surface area contributed by atoms with Gasteiger partial charge in [0.1, 0.15) is 0 Å². The monoisotopic (exact) mass is 385 g/mol. The average molecular weight is 385 g/mol. The van der Waals surface area contributed by atoms with E-state index in [1.165, 1.54) is 30.5 Å². The third-order valence-corrected chi connectivity index (χ3v) is 5.90. The highest BCUT2D eigenvalue weighted by atomic mass is 32.2. The predicted octanol–water partition coefficient (Wildman–Crippen LogP) is 0.745. The summed E-state index contributed by atoms with van der Waals surface area (Å²) < 4.78 is 41.1. The molecule has 1 aliphatic heterocycles. The molecule has 8 nitrogen and oxygen atoms in total. The normalized spacial score (nSPS) is 16.7. The molecule has 0 N–H and O–H groups in total. The van der Waals surface area contributed by atoms with Crippen molar-refractivity contribution in [3.05, 3.63) is 29.8 Å². The smallest absolute Gasteiger partial charge is 0.346 e. The molecule has 1 saturated heterocycles. The van der Waals surface area contributed by atoms with Crippen LogP contribution in [-0.2, 0) is 40.2 Å². The second kappa shape index (κ2) is 9.11. The van der Waals surface area contributed by atoms with E-state index in [4.69, 9.17) is 9.47 Å². The molecule has 1 aliphatic rings. The molecule has 1 heterocycles. The maximum atomic E-state index is 12.5. The Morgan fingerprint density at radius 1 is 1.19 bits per heavy atom. The van der Waals surface area contributed by atoms with E-state index >= 15 is 0 Å². The lowest BCUT2D eigenvalue weighted by Crippen LogP contribution is -2.40. The number of ether oxygens (including phenoxy) is 3. The topological polar surface area (TPSA) is 99.2 Å². The van der Waals surface area contributed by atoms with E-state index in [1.54, 1.807) is 12.1 Å². The van der Waals surface area contributed by atoms with Gasteiger partial charge in [-0.3, -0.25) is 4.79 Å². The number of carbonyl (C=O) groups is 2. The van der Waals surface area contributed by atoms with E-state index in [0.717, 1.165) is 5.56 Å². The number of methoxy groups -OCH3 is 1. The SMILES string of the molecule is COC(=O)C(C)OC(=O)CCc1ccc(S(=O)(=O)N2CCOCC2)cc1. The van der Waals surface area contributed by atoms with Crippen molar-refractivity contribution in [2.24, 2.45) is 0 Å². The first-order chi connectivity index (χ1) is 12.3. The Morgan fingerprint density at radius 2 is 1.81 bits per heavy atom. The summed E-state index contributed by atoms with van der Waals surface area (Å²) in [5.41, 5.74) is 0.800. The number of benzene rings is 1. The Morgan fingerprint density at radius 3 is 2.38 bits per heavy atom. The van der Waals surface area contributed by atoms with Crippen LogP contribution in [0.2, 0.25) is 0 Å². The van der Waals surface area contributed by atoms with Gasteiger partial charge in [0.15, 0.2) is 6.10 Å². The van der Waals surface area contributed by atoms with Gasteiger partial charge in [-0.15, -0.1) is 0 Å². The second-order valence-corrected chi connectivity index (χ2v) is 7.75. The molecule has 0 spiro atoms. The third-order valence-electron chi connectivity index (χ3n) is 3.99. The van der Waals surface area contributed by atoms with E-state index < -0.39 is 28.1 Å². The number of nitrogens with zero attached hydrogens (tertiary/aromatic N) is 1. The van der Waals surface area contributed by atoms with Gasteiger partial charge >= 0.3 is 11.9 Å². The van der Waals surface area contributed by atoms with Crippen LogP contribution < -0.4 is 0 Å². The zero-order valence-electron chi connectivity index (χ0n) is 14.8. The van der Waals surface area contributed by atoms with Gasteiger partial charge in [-0.2, -0.15) is 4.31 Å². The standard InChI is InChI=1S/C17H23NO7S/c1-13(17(20)23-2)25-16(19)8-5-14-3-6-15(7-4-14)26(21,22)18-9-11-24-12-10-18/h3-4,6-7,13H,5,8-12H2,1-2H3. The van der Waals surface area contributed by atoms with E-state index in [0.29, 0.717) is 32.7 Å². The molecule has 1 atom stereocenters. The Hall–Kier alpha value is -1.97. The molecule has 0 radical (unpaired) electrons. The molecule has 0 aromatic heterocycles. The van der Waals surface area contributed by atoms with Gasteiger partial charge in [-0.25, -0.2) is 13.2 Å². The number of aryl methyl sites for hydroxylation is 1. The molecule has 0 bridgehead atoms. The number of morpholine rings is 1. The number of hydrogen-bond acceptors (Lipinski definition) is 7. The van der Waals surface area contributed by atoms with E-state index in [-0.39, 0.29) is 11.3 Å². The fourth-order valence-electron chi connectivity index (χ4n) is 2.48. The number of esters is 2. The average Bonchev–Trinajstić information content (AvgIpc) is 2.66. The lowest BCUT2D eigenvalue weighted by Gasteiger charge is -2.26. The molecule has 0 aliphatic carbocycles. The van der Waals surface area contributed by atoms with Crippen LogP contribution in [0.4, 0.5) is 0 Å². The van der Waals surface area contributed by atoms with Crippen molar-refractivity contribution in [3.8, 4) is 0 Å². The molecule has 26 heavy (non-hydrogen) atoms. The summed E-state index contributed by atoms with van der Waals surface area (Å²) >= 11 is 0. The van der Waals surface area contributed by atoms with Crippen molar-refractivity contribution in [2.75, 3.05) is 33.4 Å². The summed E-state index contributed by atoms with van der Waals surface area (Å²) in [6.07, 6.45) is -0.491. The molecule has 1 aromatic rings. The molecule has 1 fully saturated rings. The third kappa shape index (κ3) is 5.26. The second-order valence-electron chi connectivity index (χ2n) is 5.82. The van der Waals surface area contributed by atoms with Gasteiger partial charge in [0.05, 0.1) is 25.2 Å². The van der Waals surface area contributed by atoms with Gasteiger partial charge < -0.3 is 14.2 Å². The van der Waals surface area contributed by atoms with Crippen molar-refractivity contribution in [1.29, 1.82) is 0 Å². The molecule has 144 valence electrons. The van der Waals surface area contributed by atoms with Crippen LogP contribution in [0.15, 0.2) is 29.2 Å². The zero-order chi connectivity index (χ0) is 19.2. The summed E-state index contributed by atoms with van der Waals surface area (Å²) in [6, 6.07) is 6.40. The highest BCUT2D eigenvalue weighted by Crippen LogP contribution is 2.18. The minimum atomic E-state index is -3.53. The minimum absolute atomic E-state index is 0.0803. The van der Waals surface area contributed by atoms with Crippen LogP contribution in [0.1, 0.15) is 18.9 Å². The Bertz CT molecular complexity index is 724. The van der Waals surface area contributed by atoms with Crippen molar-refractivity contribution in [2.45, 2.75) is 30.8 Å². The maximum absolute atomic E-state index is 12.5. The highest BCUT2D eigenvalue weighted by Gasteiger charge is 2.26. The highest BCUT2D eigenvalue weighted by molar-refractivity contribution is 7.89. The van der Waals surface area contributed by atoms with Gasteiger partial charge in [0, 0.05) is 19.5 Å². The summed E-state index contributed by atoms with van der Waals surface area (Å²) in [5.74, 6) is -1.14. The number of rotatable bonds is 7. The zero-order valence-corrected chi connectivity index (χ0v) is 15.7. The van der Waals surface area contributed by atoms with Crippen molar-refractivity contribution < 1.29 is 32.2 Å². The van der Waals surface area contributed by atoms with Gasteiger partial charge in [-0.05, 0) is 31.0 Å². The molecular formula is C17H23NO7S. The predicted molar refractivity (Wildman–Crippen MR) is 91.9 cm³/mol. The van der Waals surface area contributed by atoms with Crippen LogP contribution >= 0.6 is 0 Å². The molecular weight excluding hydrogens is 362 g/mol. The van der Waals surface area contributed by atoms with Crippen LogP contribution in [0.5, 0.6) is 0 Å². The van der Waals surface area contributed by atoms with E-state index in [9.17, 15) is 18.0 Å². The first-order valence-electron chi connectivity index (χ1n) is 8.28. The molecule has 2 rings (SSSR count). The largest absolute Gasteiger partial charge is 0.466 e. The Kier molecular flexibility index (Phi) is 7.13. The van der Waals surface area contributed by atoms with Crippen molar-refractivity contribution >= 4 is 22.0 Å². The molecule has 1 unspecified atom stereocenters. The summed E-state index contributed by atoms with van der Waals surface area (Å²) in [5, 5.41) is 0. The fourth-order valence-corrected chi connectivity index (χ4v) is 3.89. The quantitative estimate of drug-likeness (QED) is 0.639. The Labute approximate surface area is 153 Å². The van der Waals surface area contributed by atoms with Crippen LogP contribution in [0.3, 0.4) is 0 Å². The summed E-state index contributed by atoms with van der Waals surface area (Å²) in [4.78, 5) is 23.2. The van der Waals surface area contributed by atoms with Crippen LogP contribution in [0, 0.1) is 0 Å². The number of carbonyl (C=O) groups excluding carboxylic acids is 2. The molecule has 1 aromatic carbocycles. The van der Waals surface area contributed by atoms with Gasteiger partial charge in [0.25, 0.3) is 0 Å². The first-order valence-corrected chi connectivity index (χ1v) is 9.72. The van der Waals surface area contributed by atoms with E-state index in [2.05, 4.69) is 4.74 Å². The lowest BCUT2D eigenvalue weighted by atomic mass is 10.1. The van der Waals surface area contributed by atoms with Crippen LogP contribution in [-0.4, -0.2) is 64.2 Å². The van der Waals surface area contributed by atoms with Crippen molar-refractivity contribution in [1.82, 2.24) is 4.31 Å². The Balaban J connectivity index is 1.91. The molecule has 0 saturated carbocycles. The van der Waals surface area contributed by atoms with E-state index in [1.807, 2.05) is 0 Å². The maximum Gasteiger partial charge on any atom is 0.346 e. The number of hydrogen-bond donors (Lipinski definition) is 0. The lowest BCUT2D eigenvalue weighted by molar-refractivity contribution is -0.164. The van der Waals surface area contributed by atoms with Crippen LogP contribution in [0.25, 0.3) is 0 Å². The van der Waals surface area contributed by atoms with Gasteiger partial charge in [-0.1, -0.05) is 12.1 Å². The molecule has 9 heteroatoms. The number of sulfonamides is 1. The molecule has 0 amide bonds. The minimum Gasteiger partial charge on any atom is -0.466 e. The summed E-state index contributed by atoms with van der Waals surface area (Å²) in [6.45, 7) is 2.91. The van der Waals surface area contributed by atoms with Gasteiger partial charge in [0.2, 0.25) is 10.0 Å².